The van der Waals surface area contributed by atoms with E-state index >= 15 is 0 Å². The van der Waals surface area contributed by atoms with Gasteiger partial charge in [0.1, 0.15) is 5.82 Å². The predicted octanol–water partition coefficient (Wildman–Crippen LogP) is 2.90. The van der Waals surface area contributed by atoms with Gasteiger partial charge in [-0.3, -0.25) is 4.98 Å². The Morgan fingerprint density at radius 1 is 1.26 bits per heavy atom. The molecule has 1 aromatic carbocycles. The highest BCUT2D eigenvalue weighted by atomic mass is 35.5. The minimum atomic E-state index is -0.589. The van der Waals surface area contributed by atoms with E-state index in [0.29, 0.717) is 34.2 Å². The Morgan fingerprint density at radius 2 is 1.89 bits per heavy atom. The number of anilines is 1. The van der Waals surface area contributed by atoms with E-state index in [9.17, 15) is 5.11 Å². The molecular weight excluding hydrogens is 285 g/mol. The quantitative estimate of drug-likeness (QED) is 0.926. The van der Waals surface area contributed by atoms with E-state index in [1.54, 1.807) is 18.3 Å². The molecule has 1 saturated heterocycles. The summed E-state index contributed by atoms with van der Waals surface area (Å²) in [4.78, 5) is 10.8. The van der Waals surface area contributed by atoms with Crippen LogP contribution in [-0.4, -0.2) is 33.8 Å². The van der Waals surface area contributed by atoms with Crippen molar-refractivity contribution in [2.45, 2.75) is 18.9 Å². The minimum absolute atomic E-state index is 0.467. The summed E-state index contributed by atoms with van der Waals surface area (Å²) in [5.74, 6) is 0.754. The van der Waals surface area contributed by atoms with Gasteiger partial charge >= 0.3 is 0 Å². The van der Waals surface area contributed by atoms with Crippen molar-refractivity contribution < 1.29 is 5.11 Å². The van der Waals surface area contributed by atoms with Crippen molar-refractivity contribution in [3.8, 4) is 0 Å². The number of fused-ring (bicyclic) bond motifs is 1. The van der Waals surface area contributed by atoms with Crippen LogP contribution in [0.1, 0.15) is 13.3 Å². The Labute approximate surface area is 121 Å². The molecule has 1 aliphatic heterocycles. The Morgan fingerprint density at radius 3 is 2.53 bits per heavy atom. The Bertz CT molecular complexity index is 641. The van der Waals surface area contributed by atoms with Crippen LogP contribution in [0.3, 0.4) is 0 Å². The van der Waals surface area contributed by atoms with Crippen molar-refractivity contribution in [3.05, 3.63) is 28.4 Å². The van der Waals surface area contributed by atoms with E-state index < -0.39 is 5.60 Å². The molecule has 1 N–H and O–H groups in total. The van der Waals surface area contributed by atoms with Gasteiger partial charge in [0.05, 0.1) is 46.0 Å². The van der Waals surface area contributed by atoms with Crippen LogP contribution >= 0.6 is 23.2 Å². The molecule has 2 heterocycles. The molecule has 19 heavy (non-hydrogen) atoms. The number of rotatable bonds is 2. The third-order valence-corrected chi connectivity index (χ3v) is 4.25. The molecular formula is C13H13Cl2N3O. The third kappa shape index (κ3) is 2.24. The van der Waals surface area contributed by atoms with Gasteiger partial charge in [0, 0.05) is 0 Å². The van der Waals surface area contributed by atoms with Crippen LogP contribution in [0.4, 0.5) is 5.82 Å². The number of benzene rings is 1. The van der Waals surface area contributed by atoms with Crippen LogP contribution in [0.2, 0.25) is 10.0 Å². The molecule has 1 fully saturated rings. The van der Waals surface area contributed by atoms with E-state index in [1.165, 1.54) is 0 Å². The zero-order chi connectivity index (χ0) is 13.6. The van der Waals surface area contributed by atoms with Crippen molar-refractivity contribution in [3.63, 3.8) is 0 Å². The molecule has 100 valence electrons. The summed E-state index contributed by atoms with van der Waals surface area (Å²) in [5, 5.41) is 11.0. The van der Waals surface area contributed by atoms with Gasteiger partial charge in [0.2, 0.25) is 0 Å². The number of hydrogen-bond donors (Lipinski definition) is 1. The van der Waals surface area contributed by atoms with Crippen molar-refractivity contribution in [2.24, 2.45) is 0 Å². The van der Waals surface area contributed by atoms with Crippen LogP contribution in [0.5, 0.6) is 0 Å². The standard InChI is InChI=1S/C13H13Cl2N3O/c1-2-13(19)6-18(7-13)12-5-16-10-3-8(14)9(15)4-11(10)17-12/h3-5,19H,2,6-7H2,1H3. The second kappa shape index (κ2) is 4.47. The van der Waals surface area contributed by atoms with Crippen LogP contribution in [-0.2, 0) is 0 Å². The molecule has 1 aromatic heterocycles. The number of halogens is 2. The average molecular weight is 298 g/mol. The van der Waals surface area contributed by atoms with Crippen molar-refractivity contribution in [1.82, 2.24) is 9.97 Å². The second-order valence-corrected chi connectivity index (χ2v) is 5.73. The first-order valence-corrected chi connectivity index (χ1v) is 6.85. The van der Waals surface area contributed by atoms with E-state index in [1.807, 2.05) is 11.8 Å². The molecule has 3 rings (SSSR count). The monoisotopic (exact) mass is 297 g/mol. The summed E-state index contributed by atoms with van der Waals surface area (Å²) in [6.45, 7) is 3.15. The van der Waals surface area contributed by atoms with E-state index in [0.717, 1.165) is 12.2 Å². The molecule has 0 bridgehead atoms. The molecule has 0 atom stereocenters. The first-order valence-electron chi connectivity index (χ1n) is 6.10. The van der Waals surface area contributed by atoms with Gasteiger partial charge in [-0.25, -0.2) is 4.98 Å². The van der Waals surface area contributed by atoms with Gasteiger partial charge in [-0.2, -0.15) is 0 Å². The summed E-state index contributed by atoms with van der Waals surface area (Å²) in [5.41, 5.74) is 0.831. The molecule has 1 aliphatic rings. The second-order valence-electron chi connectivity index (χ2n) is 4.92. The zero-order valence-corrected chi connectivity index (χ0v) is 11.9. The summed E-state index contributed by atoms with van der Waals surface area (Å²) < 4.78 is 0. The first-order chi connectivity index (χ1) is 9.00. The lowest BCUT2D eigenvalue weighted by atomic mass is 9.91. The van der Waals surface area contributed by atoms with Gasteiger partial charge in [-0.15, -0.1) is 0 Å². The van der Waals surface area contributed by atoms with Crippen LogP contribution in [0, 0.1) is 0 Å². The lowest BCUT2D eigenvalue weighted by molar-refractivity contribution is 0.00806. The zero-order valence-electron chi connectivity index (χ0n) is 10.4. The van der Waals surface area contributed by atoms with Gasteiger partial charge in [0.15, 0.2) is 0 Å². The summed E-state index contributed by atoms with van der Waals surface area (Å²) >= 11 is 11.9. The molecule has 6 heteroatoms. The van der Waals surface area contributed by atoms with Crippen LogP contribution in [0.15, 0.2) is 18.3 Å². The molecule has 0 spiro atoms. The maximum atomic E-state index is 10.0. The fourth-order valence-corrected chi connectivity index (χ4v) is 2.52. The highest BCUT2D eigenvalue weighted by Crippen LogP contribution is 2.31. The number of nitrogens with zero attached hydrogens (tertiary/aromatic N) is 3. The van der Waals surface area contributed by atoms with Gasteiger partial charge < -0.3 is 10.0 Å². The molecule has 0 aliphatic carbocycles. The topological polar surface area (TPSA) is 49.2 Å². The van der Waals surface area contributed by atoms with Gasteiger partial charge in [-0.1, -0.05) is 30.1 Å². The maximum absolute atomic E-state index is 10.0. The third-order valence-electron chi connectivity index (χ3n) is 3.52. The molecule has 0 amide bonds. The van der Waals surface area contributed by atoms with Crippen LogP contribution < -0.4 is 4.90 Å². The number of β-amino-alcohol motifs (C(OH)–C–C–N with tert-alkyl or cyclic N) is 1. The Kier molecular flexibility index (Phi) is 3.04. The first kappa shape index (κ1) is 12.9. The smallest absolute Gasteiger partial charge is 0.148 e. The van der Waals surface area contributed by atoms with Crippen molar-refractivity contribution in [2.75, 3.05) is 18.0 Å². The van der Waals surface area contributed by atoms with E-state index in [2.05, 4.69) is 9.97 Å². The van der Waals surface area contributed by atoms with Gasteiger partial charge in [-0.05, 0) is 18.6 Å². The van der Waals surface area contributed by atoms with Crippen molar-refractivity contribution >= 4 is 40.1 Å². The Balaban J connectivity index is 1.93. The maximum Gasteiger partial charge on any atom is 0.148 e. The Hall–Kier alpha value is -1.10. The minimum Gasteiger partial charge on any atom is -0.386 e. The number of hydrogen-bond acceptors (Lipinski definition) is 4. The molecule has 2 aromatic rings. The SMILES string of the molecule is CCC1(O)CN(c2cnc3cc(Cl)c(Cl)cc3n2)C1. The summed E-state index contributed by atoms with van der Waals surface area (Å²) in [7, 11) is 0. The number of aromatic nitrogens is 2. The highest BCUT2D eigenvalue weighted by Gasteiger charge is 2.40. The highest BCUT2D eigenvalue weighted by molar-refractivity contribution is 6.42. The molecule has 0 radical (unpaired) electrons. The lowest BCUT2D eigenvalue weighted by Crippen LogP contribution is -2.61. The molecule has 4 nitrogen and oxygen atoms in total. The fraction of sp³-hybridized carbons (Fsp3) is 0.385. The average Bonchev–Trinajstić information content (AvgIpc) is 2.36. The fourth-order valence-electron chi connectivity index (χ4n) is 2.20. The molecule has 0 unspecified atom stereocenters. The predicted molar refractivity (Wildman–Crippen MR) is 77.0 cm³/mol. The number of aliphatic hydroxyl groups is 1. The molecule has 0 saturated carbocycles. The summed E-state index contributed by atoms with van der Waals surface area (Å²) in [6, 6.07) is 3.41. The normalized spacial score (nSPS) is 17.6. The lowest BCUT2D eigenvalue weighted by Gasteiger charge is -2.46. The largest absolute Gasteiger partial charge is 0.386 e. The van der Waals surface area contributed by atoms with Gasteiger partial charge in [0.25, 0.3) is 0 Å². The van der Waals surface area contributed by atoms with E-state index in [4.69, 9.17) is 23.2 Å². The van der Waals surface area contributed by atoms with Crippen molar-refractivity contribution in [1.29, 1.82) is 0 Å². The van der Waals surface area contributed by atoms with Crippen LogP contribution in [0.25, 0.3) is 11.0 Å². The van der Waals surface area contributed by atoms with E-state index in [-0.39, 0.29) is 0 Å². The summed E-state index contributed by atoms with van der Waals surface area (Å²) in [6.07, 6.45) is 2.44.